The predicted octanol–water partition coefficient (Wildman–Crippen LogP) is 1.000. The third kappa shape index (κ3) is 1.87. The second-order valence-corrected chi connectivity index (χ2v) is 5.85. The highest BCUT2D eigenvalue weighted by atomic mass is 32.2. The van der Waals surface area contributed by atoms with Crippen molar-refractivity contribution in [2.75, 3.05) is 13.1 Å². The van der Waals surface area contributed by atoms with Crippen molar-refractivity contribution in [3.63, 3.8) is 0 Å². The van der Waals surface area contributed by atoms with Gasteiger partial charge in [-0.3, -0.25) is 4.99 Å². The van der Waals surface area contributed by atoms with Gasteiger partial charge in [-0.25, -0.2) is 0 Å². The van der Waals surface area contributed by atoms with Crippen molar-refractivity contribution < 1.29 is 4.55 Å². The molecule has 0 N–H and O–H groups in total. The van der Waals surface area contributed by atoms with Crippen LogP contribution in [0, 0.1) is 5.92 Å². The summed E-state index contributed by atoms with van der Waals surface area (Å²) in [5, 5.41) is 0.124. The van der Waals surface area contributed by atoms with Crippen molar-refractivity contribution in [3.05, 3.63) is 12.2 Å². The zero-order valence-electron chi connectivity index (χ0n) is 8.59. The maximum Gasteiger partial charge on any atom is 0.177 e. The summed E-state index contributed by atoms with van der Waals surface area (Å²) in [5.74, 6) is 0.562. The highest BCUT2D eigenvalue weighted by molar-refractivity contribution is 7.90. The fraction of sp³-hybridized carbons (Fsp3) is 0.700. The fourth-order valence-corrected chi connectivity index (χ4v) is 3.63. The molecule has 3 atom stereocenters. The van der Waals surface area contributed by atoms with E-state index in [-0.39, 0.29) is 11.3 Å². The summed E-state index contributed by atoms with van der Waals surface area (Å²) in [6.07, 6.45) is 5.74. The van der Waals surface area contributed by atoms with Gasteiger partial charge in [-0.15, -0.1) is 4.31 Å². The first-order valence-electron chi connectivity index (χ1n) is 5.04. The Kier molecular flexibility index (Phi) is 2.95. The molecule has 1 fully saturated rings. The van der Waals surface area contributed by atoms with Crippen LogP contribution in [-0.4, -0.2) is 39.5 Å². The largest absolute Gasteiger partial charge is 0.597 e. The van der Waals surface area contributed by atoms with E-state index >= 15 is 0 Å². The molecular formula is C10H16N2OS. The van der Waals surface area contributed by atoms with Gasteiger partial charge in [0.15, 0.2) is 5.25 Å². The maximum absolute atomic E-state index is 12.0. The van der Waals surface area contributed by atoms with Gasteiger partial charge in [0.2, 0.25) is 0 Å². The maximum atomic E-state index is 12.0. The molecule has 0 aromatic heterocycles. The number of fused-ring (bicyclic) bond motifs is 1. The summed E-state index contributed by atoms with van der Waals surface area (Å²) in [6.45, 7) is 6.05. The molecular weight excluding hydrogens is 196 g/mol. The van der Waals surface area contributed by atoms with Crippen molar-refractivity contribution in [1.82, 2.24) is 4.31 Å². The first kappa shape index (κ1) is 10.2. The molecule has 0 aromatic carbocycles. The van der Waals surface area contributed by atoms with E-state index in [0.29, 0.717) is 5.92 Å². The number of allylic oxidation sites excluding steroid dienone is 1. The Morgan fingerprint density at radius 1 is 1.64 bits per heavy atom. The standard InChI is InChI=1S/C10H16N2OS/c1-8(2)6-12-7-9-10(14(12)13)4-3-5-11-9/h3-5,8-10H,6-7H2,1-2H3. The van der Waals surface area contributed by atoms with Crippen LogP contribution >= 0.6 is 0 Å². The second kappa shape index (κ2) is 4.04. The lowest BCUT2D eigenvalue weighted by atomic mass is 10.1. The molecule has 2 aliphatic heterocycles. The Balaban J connectivity index is 2.04. The Morgan fingerprint density at radius 3 is 3.07 bits per heavy atom. The first-order valence-corrected chi connectivity index (χ1v) is 6.21. The number of hydrogen-bond donors (Lipinski definition) is 0. The van der Waals surface area contributed by atoms with Gasteiger partial charge in [0.25, 0.3) is 0 Å². The SMILES string of the molecule is CC(C)CN1CC2N=CC=CC2[S+]1[O-]. The molecule has 2 rings (SSSR count). The van der Waals surface area contributed by atoms with E-state index in [1.54, 1.807) is 0 Å². The normalized spacial score (nSPS) is 36.7. The van der Waals surface area contributed by atoms with Crippen LogP contribution in [0.1, 0.15) is 13.8 Å². The molecule has 0 saturated carbocycles. The van der Waals surface area contributed by atoms with Crippen LogP contribution in [0.5, 0.6) is 0 Å². The third-order valence-electron chi connectivity index (χ3n) is 2.49. The molecule has 4 heteroatoms. The zero-order valence-corrected chi connectivity index (χ0v) is 9.41. The summed E-state index contributed by atoms with van der Waals surface area (Å²) in [7, 11) is 0. The van der Waals surface area contributed by atoms with Crippen molar-refractivity contribution in [2.45, 2.75) is 25.1 Å². The van der Waals surface area contributed by atoms with Crippen molar-refractivity contribution >= 4 is 17.6 Å². The number of dihydropyridines is 1. The van der Waals surface area contributed by atoms with E-state index in [0.717, 1.165) is 13.1 Å². The second-order valence-electron chi connectivity index (χ2n) is 4.23. The average Bonchev–Trinajstić information content (AvgIpc) is 2.44. The zero-order chi connectivity index (χ0) is 10.1. The van der Waals surface area contributed by atoms with Gasteiger partial charge in [0, 0.05) is 12.8 Å². The molecule has 0 spiro atoms. The molecule has 0 bridgehead atoms. The first-order chi connectivity index (χ1) is 6.68. The predicted molar refractivity (Wildman–Crippen MR) is 59.8 cm³/mol. The van der Waals surface area contributed by atoms with E-state index in [9.17, 15) is 4.55 Å². The van der Waals surface area contributed by atoms with Crippen LogP contribution in [-0.2, 0) is 11.4 Å². The Morgan fingerprint density at radius 2 is 2.43 bits per heavy atom. The van der Waals surface area contributed by atoms with Crippen LogP contribution in [0.25, 0.3) is 0 Å². The summed E-state index contributed by atoms with van der Waals surface area (Å²) in [4.78, 5) is 4.35. The van der Waals surface area contributed by atoms with Gasteiger partial charge in [-0.1, -0.05) is 13.8 Å². The molecule has 0 radical (unpaired) electrons. The highest BCUT2D eigenvalue weighted by Crippen LogP contribution is 2.27. The Labute approximate surface area is 88.2 Å². The van der Waals surface area contributed by atoms with E-state index < -0.39 is 11.4 Å². The van der Waals surface area contributed by atoms with Crippen LogP contribution in [0.2, 0.25) is 0 Å². The molecule has 3 nitrogen and oxygen atoms in total. The van der Waals surface area contributed by atoms with E-state index in [1.807, 2.05) is 22.7 Å². The summed E-state index contributed by atoms with van der Waals surface area (Å²) < 4.78 is 14.0. The van der Waals surface area contributed by atoms with Gasteiger partial charge in [-0.2, -0.15) is 0 Å². The third-order valence-corrected chi connectivity index (χ3v) is 4.23. The van der Waals surface area contributed by atoms with Crippen LogP contribution < -0.4 is 0 Å². The molecule has 0 aliphatic carbocycles. The van der Waals surface area contributed by atoms with E-state index in [1.165, 1.54) is 0 Å². The molecule has 0 aromatic rings. The molecule has 3 unspecified atom stereocenters. The lowest BCUT2D eigenvalue weighted by molar-refractivity contribution is 0.382. The number of hydrogen-bond acceptors (Lipinski definition) is 3. The minimum Gasteiger partial charge on any atom is -0.597 e. The smallest absolute Gasteiger partial charge is 0.177 e. The quantitative estimate of drug-likeness (QED) is 0.641. The van der Waals surface area contributed by atoms with Gasteiger partial charge < -0.3 is 4.55 Å². The van der Waals surface area contributed by atoms with Crippen molar-refractivity contribution in [2.24, 2.45) is 10.9 Å². The van der Waals surface area contributed by atoms with Gasteiger partial charge in [-0.05, 0) is 18.1 Å². The Hall–Kier alpha value is -0.320. The van der Waals surface area contributed by atoms with E-state index in [2.05, 4.69) is 18.8 Å². The number of rotatable bonds is 2. The highest BCUT2D eigenvalue weighted by Gasteiger charge is 2.44. The molecule has 78 valence electrons. The summed E-state index contributed by atoms with van der Waals surface area (Å²) in [6, 6.07) is 0.222. The molecule has 2 heterocycles. The molecule has 1 saturated heterocycles. The lowest BCUT2D eigenvalue weighted by Crippen LogP contribution is -2.32. The fourth-order valence-electron chi connectivity index (χ4n) is 1.89. The number of nitrogens with zero attached hydrogens (tertiary/aromatic N) is 2. The minimum absolute atomic E-state index is 0.124. The minimum atomic E-state index is -0.865. The average molecular weight is 212 g/mol. The monoisotopic (exact) mass is 212 g/mol. The molecule has 0 amide bonds. The van der Waals surface area contributed by atoms with Crippen molar-refractivity contribution in [1.29, 1.82) is 0 Å². The number of aliphatic imine (C=N–C) groups is 1. The van der Waals surface area contributed by atoms with Crippen molar-refractivity contribution in [3.8, 4) is 0 Å². The lowest BCUT2D eigenvalue weighted by Gasteiger charge is -2.20. The molecule has 14 heavy (non-hydrogen) atoms. The van der Waals surface area contributed by atoms with E-state index in [4.69, 9.17) is 0 Å². The van der Waals surface area contributed by atoms with Gasteiger partial charge in [0.1, 0.15) is 6.04 Å². The van der Waals surface area contributed by atoms with Crippen LogP contribution in [0.3, 0.4) is 0 Å². The summed E-state index contributed by atoms with van der Waals surface area (Å²) in [5.41, 5.74) is 0. The van der Waals surface area contributed by atoms with Gasteiger partial charge in [0.05, 0.1) is 17.9 Å². The molecule has 2 aliphatic rings. The van der Waals surface area contributed by atoms with Crippen LogP contribution in [0.4, 0.5) is 0 Å². The van der Waals surface area contributed by atoms with Gasteiger partial charge >= 0.3 is 0 Å². The topological polar surface area (TPSA) is 38.7 Å². The van der Waals surface area contributed by atoms with Crippen LogP contribution in [0.15, 0.2) is 17.1 Å². The summed E-state index contributed by atoms with van der Waals surface area (Å²) >= 11 is -0.865. The Bertz CT molecular complexity index is 265.